The number of nitrogens with zero attached hydrogens (tertiary/aromatic N) is 2. The van der Waals surface area contributed by atoms with Crippen LogP contribution in [0.3, 0.4) is 0 Å². The van der Waals surface area contributed by atoms with Crippen LogP contribution < -0.4 is 4.74 Å². The van der Waals surface area contributed by atoms with Crippen molar-refractivity contribution in [3.05, 3.63) is 23.9 Å². The first-order valence-corrected chi connectivity index (χ1v) is 6.30. The highest BCUT2D eigenvalue weighted by molar-refractivity contribution is 5.87. The van der Waals surface area contributed by atoms with Crippen LogP contribution in [-0.4, -0.2) is 47.2 Å². The first-order chi connectivity index (χ1) is 8.75. The molecule has 1 saturated heterocycles. The van der Waals surface area contributed by atoms with E-state index in [9.17, 15) is 4.79 Å². The highest BCUT2D eigenvalue weighted by atomic mass is 16.5. The maximum atomic E-state index is 10.8. The van der Waals surface area contributed by atoms with Gasteiger partial charge in [0.2, 0.25) is 5.88 Å². The lowest BCUT2D eigenvalue weighted by molar-refractivity contribution is 0.0696. The lowest BCUT2D eigenvalue weighted by Crippen LogP contribution is -2.33. The van der Waals surface area contributed by atoms with E-state index >= 15 is 0 Å². The fourth-order valence-electron chi connectivity index (χ4n) is 2.08. The van der Waals surface area contributed by atoms with E-state index in [-0.39, 0.29) is 5.56 Å². The van der Waals surface area contributed by atoms with Crippen molar-refractivity contribution in [3.63, 3.8) is 0 Å². The highest BCUT2D eigenvalue weighted by Crippen LogP contribution is 2.11. The van der Waals surface area contributed by atoms with Gasteiger partial charge in [-0.1, -0.05) is 6.42 Å². The number of hydrogen-bond acceptors (Lipinski definition) is 4. The highest BCUT2D eigenvalue weighted by Gasteiger charge is 2.10. The van der Waals surface area contributed by atoms with Crippen LogP contribution in [0.25, 0.3) is 0 Å². The quantitative estimate of drug-likeness (QED) is 0.860. The van der Waals surface area contributed by atoms with E-state index in [0.29, 0.717) is 12.5 Å². The van der Waals surface area contributed by atoms with E-state index in [1.165, 1.54) is 37.6 Å². The number of aromatic nitrogens is 1. The number of carbonyl (C=O) groups is 1. The smallest absolute Gasteiger partial charge is 0.335 e. The summed E-state index contributed by atoms with van der Waals surface area (Å²) in [5.41, 5.74) is 0.206. The molecule has 0 radical (unpaired) electrons. The van der Waals surface area contributed by atoms with E-state index in [0.717, 1.165) is 19.6 Å². The summed E-state index contributed by atoms with van der Waals surface area (Å²) < 4.78 is 5.48. The van der Waals surface area contributed by atoms with Crippen LogP contribution >= 0.6 is 0 Å². The fraction of sp³-hybridized carbons (Fsp3) is 0.538. The van der Waals surface area contributed by atoms with Crippen molar-refractivity contribution in [2.24, 2.45) is 0 Å². The van der Waals surface area contributed by atoms with Crippen molar-refractivity contribution >= 4 is 5.97 Å². The van der Waals surface area contributed by atoms with E-state index in [1.807, 2.05) is 0 Å². The summed E-state index contributed by atoms with van der Waals surface area (Å²) in [4.78, 5) is 17.1. The molecule has 1 N–H and O–H groups in total. The molecule has 5 heteroatoms. The van der Waals surface area contributed by atoms with Crippen molar-refractivity contribution in [2.45, 2.75) is 19.3 Å². The summed E-state index contributed by atoms with van der Waals surface area (Å²) in [6, 6.07) is 2.92. The Morgan fingerprint density at radius 2 is 2.17 bits per heavy atom. The maximum Gasteiger partial charge on any atom is 0.335 e. The predicted octanol–water partition coefficient (Wildman–Crippen LogP) is 1.64. The Balaban J connectivity index is 1.78. The number of likely N-dealkylation sites (tertiary alicyclic amines) is 1. The van der Waals surface area contributed by atoms with Crippen LogP contribution in [-0.2, 0) is 0 Å². The molecule has 0 aromatic carbocycles. The second-order valence-electron chi connectivity index (χ2n) is 4.44. The molecule has 2 rings (SSSR count). The molecule has 0 aliphatic carbocycles. The lowest BCUT2D eigenvalue weighted by Gasteiger charge is -2.26. The molecule has 0 spiro atoms. The Kier molecular flexibility index (Phi) is 4.52. The third-order valence-corrected chi connectivity index (χ3v) is 3.09. The number of ether oxygens (including phenoxy) is 1. The minimum absolute atomic E-state index is 0.206. The molecule has 1 aromatic heterocycles. The number of carboxylic acids is 1. The van der Waals surface area contributed by atoms with Gasteiger partial charge >= 0.3 is 5.97 Å². The normalized spacial score (nSPS) is 16.4. The molecule has 1 aliphatic rings. The zero-order valence-electron chi connectivity index (χ0n) is 10.3. The largest absolute Gasteiger partial charge is 0.478 e. The van der Waals surface area contributed by atoms with Crippen molar-refractivity contribution in [1.82, 2.24) is 9.88 Å². The minimum atomic E-state index is -0.960. The van der Waals surface area contributed by atoms with Gasteiger partial charge in [-0.25, -0.2) is 9.78 Å². The van der Waals surface area contributed by atoms with Crippen molar-refractivity contribution in [1.29, 1.82) is 0 Å². The Morgan fingerprint density at radius 1 is 1.39 bits per heavy atom. The van der Waals surface area contributed by atoms with E-state index in [1.54, 1.807) is 0 Å². The summed E-state index contributed by atoms with van der Waals surface area (Å²) in [5, 5.41) is 8.85. The van der Waals surface area contributed by atoms with Gasteiger partial charge in [0.05, 0.1) is 5.56 Å². The van der Waals surface area contributed by atoms with Crippen LogP contribution in [0, 0.1) is 0 Å². The van der Waals surface area contributed by atoms with Gasteiger partial charge in [-0.3, -0.25) is 4.90 Å². The number of pyridine rings is 1. The van der Waals surface area contributed by atoms with Gasteiger partial charge in [0.1, 0.15) is 6.61 Å². The van der Waals surface area contributed by atoms with E-state index < -0.39 is 5.97 Å². The van der Waals surface area contributed by atoms with E-state index in [4.69, 9.17) is 9.84 Å². The molecular formula is C13H18N2O3. The van der Waals surface area contributed by atoms with Crippen LogP contribution in [0.15, 0.2) is 18.3 Å². The molecule has 1 aromatic rings. The topological polar surface area (TPSA) is 62.7 Å². The van der Waals surface area contributed by atoms with Gasteiger partial charge in [0, 0.05) is 18.8 Å². The zero-order valence-corrected chi connectivity index (χ0v) is 10.3. The van der Waals surface area contributed by atoms with Crippen LogP contribution in [0.1, 0.15) is 29.6 Å². The molecule has 0 atom stereocenters. The van der Waals surface area contributed by atoms with Crippen molar-refractivity contribution in [3.8, 4) is 5.88 Å². The van der Waals surface area contributed by atoms with Gasteiger partial charge in [-0.2, -0.15) is 0 Å². The van der Waals surface area contributed by atoms with Gasteiger partial charge in [0.15, 0.2) is 0 Å². The minimum Gasteiger partial charge on any atom is -0.478 e. The Hall–Kier alpha value is -1.62. The molecule has 5 nitrogen and oxygen atoms in total. The first kappa shape index (κ1) is 12.8. The molecule has 0 unspecified atom stereocenters. The molecule has 2 heterocycles. The van der Waals surface area contributed by atoms with Crippen LogP contribution in [0.2, 0.25) is 0 Å². The van der Waals surface area contributed by atoms with E-state index in [2.05, 4.69) is 9.88 Å². The average molecular weight is 250 g/mol. The number of aromatic carboxylic acids is 1. The molecule has 1 aliphatic heterocycles. The Bertz CT molecular complexity index is 403. The maximum absolute atomic E-state index is 10.8. The summed E-state index contributed by atoms with van der Waals surface area (Å²) in [6.07, 6.45) is 5.29. The van der Waals surface area contributed by atoms with Crippen molar-refractivity contribution < 1.29 is 14.6 Å². The van der Waals surface area contributed by atoms with Gasteiger partial charge < -0.3 is 9.84 Å². The van der Waals surface area contributed by atoms with Crippen molar-refractivity contribution in [2.75, 3.05) is 26.2 Å². The summed E-state index contributed by atoms with van der Waals surface area (Å²) in [6.45, 7) is 3.69. The van der Waals surface area contributed by atoms with Crippen LogP contribution in [0.5, 0.6) is 5.88 Å². The monoisotopic (exact) mass is 250 g/mol. The summed E-state index contributed by atoms with van der Waals surface area (Å²) >= 11 is 0. The predicted molar refractivity (Wildman–Crippen MR) is 67.0 cm³/mol. The van der Waals surface area contributed by atoms with Crippen LogP contribution in [0.4, 0.5) is 0 Å². The van der Waals surface area contributed by atoms with Gasteiger partial charge in [-0.15, -0.1) is 0 Å². The molecule has 0 saturated carbocycles. The number of hydrogen-bond donors (Lipinski definition) is 1. The third kappa shape index (κ3) is 3.70. The first-order valence-electron chi connectivity index (χ1n) is 6.30. The summed E-state index contributed by atoms with van der Waals surface area (Å²) in [7, 11) is 0. The number of carboxylic acid groups (broad SMARTS) is 1. The Labute approximate surface area is 106 Å². The zero-order chi connectivity index (χ0) is 12.8. The van der Waals surface area contributed by atoms with Gasteiger partial charge in [0.25, 0.3) is 0 Å². The SMILES string of the molecule is O=C(O)c1ccnc(OCCN2CCCCC2)c1. The fourth-order valence-corrected chi connectivity index (χ4v) is 2.08. The molecule has 1 fully saturated rings. The number of piperidine rings is 1. The molecule has 0 amide bonds. The molecule has 0 bridgehead atoms. The van der Waals surface area contributed by atoms with Gasteiger partial charge in [-0.05, 0) is 32.0 Å². The standard InChI is InChI=1S/C13H18N2O3/c16-13(17)11-4-5-14-12(10-11)18-9-8-15-6-2-1-3-7-15/h4-5,10H,1-3,6-9H2,(H,16,17). The number of rotatable bonds is 5. The second kappa shape index (κ2) is 6.35. The third-order valence-electron chi connectivity index (χ3n) is 3.09. The second-order valence-corrected chi connectivity index (χ2v) is 4.44. The average Bonchev–Trinajstić information content (AvgIpc) is 2.40. The molecule has 98 valence electrons. The molecular weight excluding hydrogens is 232 g/mol. The lowest BCUT2D eigenvalue weighted by atomic mass is 10.1. The summed E-state index contributed by atoms with van der Waals surface area (Å²) in [5.74, 6) is -0.579. The Morgan fingerprint density at radius 3 is 2.89 bits per heavy atom. The molecule has 18 heavy (non-hydrogen) atoms.